The van der Waals surface area contributed by atoms with Crippen LogP contribution < -0.4 is 5.32 Å². The van der Waals surface area contributed by atoms with Gasteiger partial charge in [-0.15, -0.1) is 0 Å². The molecule has 0 fully saturated rings. The lowest BCUT2D eigenvalue weighted by molar-refractivity contribution is -0.159. The Morgan fingerprint density at radius 2 is 2.17 bits per heavy atom. The molecule has 4 heteroatoms. The van der Waals surface area contributed by atoms with Crippen LogP contribution in [-0.2, 0) is 16.0 Å². The highest BCUT2D eigenvalue weighted by Crippen LogP contribution is 2.26. The average Bonchev–Trinajstić information content (AvgIpc) is 2.25. The first-order valence-corrected chi connectivity index (χ1v) is 6.10. The van der Waals surface area contributed by atoms with Crippen molar-refractivity contribution in [2.24, 2.45) is 5.92 Å². The zero-order valence-corrected chi connectivity index (χ0v) is 10.9. The van der Waals surface area contributed by atoms with E-state index in [1.807, 2.05) is 20.8 Å². The highest BCUT2D eigenvalue weighted by Gasteiger charge is 2.28. The van der Waals surface area contributed by atoms with Crippen molar-refractivity contribution in [3.8, 4) is 0 Å². The summed E-state index contributed by atoms with van der Waals surface area (Å²) >= 11 is 0. The Labute approximate surface area is 106 Å². The fourth-order valence-electron chi connectivity index (χ4n) is 2.03. The summed E-state index contributed by atoms with van der Waals surface area (Å²) in [5.41, 5.74) is 1.24. The predicted octanol–water partition coefficient (Wildman–Crippen LogP) is 2.75. The molecule has 1 atom stereocenters. The van der Waals surface area contributed by atoms with Gasteiger partial charge >= 0.3 is 5.97 Å². The number of ether oxygens (including phenoxy) is 1. The quantitative estimate of drug-likeness (QED) is 0.780. The van der Waals surface area contributed by atoms with Gasteiger partial charge in [-0.1, -0.05) is 0 Å². The van der Waals surface area contributed by atoms with Gasteiger partial charge in [-0.2, -0.15) is 0 Å². The van der Waals surface area contributed by atoms with Crippen LogP contribution in [0.5, 0.6) is 0 Å². The predicted molar refractivity (Wildman–Crippen MR) is 67.9 cm³/mol. The summed E-state index contributed by atoms with van der Waals surface area (Å²) in [5.74, 6) is -0.760. The molecule has 0 amide bonds. The monoisotopic (exact) mass is 251 g/mol. The number of halogens is 1. The third-order valence-corrected chi connectivity index (χ3v) is 2.81. The number of hydrogen-bond acceptors (Lipinski definition) is 3. The first-order chi connectivity index (χ1) is 8.35. The Bertz CT molecular complexity index is 465. The molecule has 1 aromatic carbocycles. The molecule has 0 aromatic heterocycles. The van der Waals surface area contributed by atoms with E-state index >= 15 is 0 Å². The highest BCUT2D eigenvalue weighted by molar-refractivity contribution is 5.75. The lowest BCUT2D eigenvalue weighted by atomic mass is 9.94. The maximum atomic E-state index is 13.1. The summed E-state index contributed by atoms with van der Waals surface area (Å²) in [6.07, 6.45) is 0.523. The molecular formula is C14H18FNO2. The molecule has 1 aliphatic heterocycles. The first-order valence-electron chi connectivity index (χ1n) is 6.10. The molecule has 0 aliphatic carbocycles. The number of nitrogens with one attached hydrogen (secondary N) is 1. The number of esters is 1. The zero-order valence-electron chi connectivity index (χ0n) is 10.9. The van der Waals surface area contributed by atoms with Crippen LogP contribution in [0.2, 0.25) is 0 Å². The molecule has 98 valence electrons. The molecule has 1 aromatic rings. The lowest BCUT2D eigenvalue weighted by Crippen LogP contribution is -2.35. The molecule has 18 heavy (non-hydrogen) atoms. The van der Waals surface area contributed by atoms with Gasteiger partial charge in [-0.3, -0.25) is 4.79 Å². The van der Waals surface area contributed by atoms with Gasteiger partial charge in [0.05, 0.1) is 5.92 Å². The number of anilines is 1. The molecular weight excluding hydrogens is 233 g/mol. The topological polar surface area (TPSA) is 38.3 Å². The second-order valence-corrected chi connectivity index (χ2v) is 5.62. The number of fused-ring (bicyclic) bond motifs is 1. The fourth-order valence-corrected chi connectivity index (χ4v) is 2.03. The Morgan fingerprint density at radius 1 is 1.44 bits per heavy atom. The van der Waals surface area contributed by atoms with Crippen molar-refractivity contribution in [3.05, 3.63) is 29.6 Å². The van der Waals surface area contributed by atoms with E-state index in [1.165, 1.54) is 12.1 Å². The summed E-state index contributed by atoms with van der Waals surface area (Å²) in [4.78, 5) is 12.0. The molecule has 0 saturated heterocycles. The SMILES string of the molecule is CC(C)(C)OC(=O)C1CNc2ccc(F)cc2C1. The van der Waals surface area contributed by atoms with Crippen molar-refractivity contribution in [1.82, 2.24) is 0 Å². The van der Waals surface area contributed by atoms with Gasteiger partial charge in [0.25, 0.3) is 0 Å². The maximum absolute atomic E-state index is 13.1. The van der Waals surface area contributed by atoms with E-state index in [-0.39, 0.29) is 17.7 Å². The molecule has 0 bridgehead atoms. The van der Waals surface area contributed by atoms with Crippen molar-refractivity contribution >= 4 is 11.7 Å². The van der Waals surface area contributed by atoms with Crippen LogP contribution in [0.25, 0.3) is 0 Å². The third kappa shape index (κ3) is 3.00. The smallest absolute Gasteiger partial charge is 0.311 e. The standard InChI is InChI=1S/C14H18FNO2/c1-14(2,3)18-13(17)10-6-9-7-11(15)4-5-12(9)16-8-10/h4-5,7,10,16H,6,8H2,1-3H3. The molecule has 1 N–H and O–H groups in total. The summed E-state index contributed by atoms with van der Waals surface area (Å²) in [6.45, 7) is 6.06. The van der Waals surface area contributed by atoms with Crippen LogP contribution in [0.15, 0.2) is 18.2 Å². The molecule has 1 heterocycles. The van der Waals surface area contributed by atoms with Crippen molar-refractivity contribution in [2.45, 2.75) is 32.8 Å². The Balaban J connectivity index is 2.09. The number of rotatable bonds is 1. The minimum Gasteiger partial charge on any atom is -0.460 e. The minimum atomic E-state index is -0.487. The van der Waals surface area contributed by atoms with E-state index in [0.717, 1.165) is 11.3 Å². The zero-order chi connectivity index (χ0) is 13.3. The number of hydrogen-bond donors (Lipinski definition) is 1. The van der Waals surface area contributed by atoms with E-state index in [2.05, 4.69) is 5.32 Å². The number of carbonyl (C=O) groups is 1. The molecule has 2 rings (SSSR count). The van der Waals surface area contributed by atoms with Crippen LogP contribution in [0.4, 0.5) is 10.1 Å². The van der Waals surface area contributed by atoms with Crippen molar-refractivity contribution in [3.63, 3.8) is 0 Å². The first kappa shape index (κ1) is 12.9. The molecule has 3 nitrogen and oxygen atoms in total. The van der Waals surface area contributed by atoms with Gasteiger partial charge in [0, 0.05) is 12.2 Å². The minimum absolute atomic E-state index is 0.232. The molecule has 0 radical (unpaired) electrons. The van der Waals surface area contributed by atoms with Crippen LogP contribution in [0.3, 0.4) is 0 Å². The van der Waals surface area contributed by atoms with Crippen molar-refractivity contribution in [2.75, 3.05) is 11.9 Å². The van der Waals surface area contributed by atoms with Crippen LogP contribution in [0.1, 0.15) is 26.3 Å². The molecule has 1 aliphatic rings. The Kier molecular flexibility index (Phi) is 3.28. The average molecular weight is 251 g/mol. The van der Waals surface area contributed by atoms with Crippen LogP contribution in [0, 0.1) is 11.7 Å². The van der Waals surface area contributed by atoms with E-state index in [1.54, 1.807) is 6.07 Å². The molecule has 0 spiro atoms. The summed E-state index contributed by atoms with van der Waals surface area (Å²) in [6, 6.07) is 4.59. The Hall–Kier alpha value is -1.58. The fraction of sp³-hybridized carbons (Fsp3) is 0.500. The summed E-state index contributed by atoms with van der Waals surface area (Å²) < 4.78 is 18.5. The Morgan fingerprint density at radius 3 is 2.83 bits per heavy atom. The van der Waals surface area contributed by atoms with Gasteiger partial charge in [0.15, 0.2) is 0 Å². The van der Waals surface area contributed by atoms with E-state index in [9.17, 15) is 9.18 Å². The van der Waals surface area contributed by atoms with Gasteiger partial charge < -0.3 is 10.1 Å². The lowest BCUT2D eigenvalue weighted by Gasteiger charge is -2.28. The largest absolute Gasteiger partial charge is 0.460 e. The van der Waals surface area contributed by atoms with Crippen LogP contribution >= 0.6 is 0 Å². The maximum Gasteiger partial charge on any atom is 0.311 e. The third-order valence-electron chi connectivity index (χ3n) is 2.81. The highest BCUT2D eigenvalue weighted by atomic mass is 19.1. The molecule has 0 saturated carbocycles. The van der Waals surface area contributed by atoms with Crippen LogP contribution in [-0.4, -0.2) is 18.1 Å². The number of benzene rings is 1. The van der Waals surface area contributed by atoms with E-state index < -0.39 is 5.60 Å². The van der Waals surface area contributed by atoms with E-state index in [4.69, 9.17) is 4.74 Å². The van der Waals surface area contributed by atoms with Crippen molar-refractivity contribution < 1.29 is 13.9 Å². The van der Waals surface area contributed by atoms with Gasteiger partial charge in [-0.25, -0.2) is 4.39 Å². The second-order valence-electron chi connectivity index (χ2n) is 5.62. The molecule has 1 unspecified atom stereocenters. The number of carbonyl (C=O) groups excluding carboxylic acids is 1. The summed E-state index contributed by atoms with van der Waals surface area (Å²) in [7, 11) is 0. The van der Waals surface area contributed by atoms with Gasteiger partial charge in [-0.05, 0) is 51.0 Å². The van der Waals surface area contributed by atoms with Gasteiger partial charge in [0.2, 0.25) is 0 Å². The van der Waals surface area contributed by atoms with Gasteiger partial charge in [0.1, 0.15) is 11.4 Å². The normalized spacial score (nSPS) is 18.8. The second kappa shape index (κ2) is 4.59. The van der Waals surface area contributed by atoms with Crippen molar-refractivity contribution in [1.29, 1.82) is 0 Å². The summed E-state index contributed by atoms with van der Waals surface area (Å²) in [5, 5.41) is 3.14. The van der Waals surface area contributed by atoms with E-state index in [0.29, 0.717) is 13.0 Å².